The van der Waals surface area contributed by atoms with E-state index < -0.39 is 0 Å². The predicted octanol–water partition coefficient (Wildman–Crippen LogP) is 3.71. The van der Waals surface area contributed by atoms with Gasteiger partial charge in [-0.2, -0.15) is 0 Å². The van der Waals surface area contributed by atoms with Gasteiger partial charge in [0.2, 0.25) is 0 Å². The fourth-order valence-electron chi connectivity index (χ4n) is 1.85. The molecular weight excluding hydrogens is 196 g/mol. The summed E-state index contributed by atoms with van der Waals surface area (Å²) in [6, 6.07) is 9.02. The lowest BCUT2D eigenvalue weighted by atomic mass is 9.86. The number of rotatable bonds is 3. The Labute approximate surface area is 98.8 Å². The molecule has 0 aliphatic carbocycles. The van der Waals surface area contributed by atoms with Gasteiger partial charge < -0.3 is 4.74 Å². The van der Waals surface area contributed by atoms with E-state index in [0.29, 0.717) is 0 Å². The molecule has 0 radical (unpaired) electrons. The minimum absolute atomic E-state index is 0.183. The van der Waals surface area contributed by atoms with Crippen molar-refractivity contribution in [3.8, 4) is 0 Å². The Bertz CT molecular complexity index is 352. The largest absolute Gasteiger partial charge is 0.370 e. The number of hydrogen-bond acceptors (Lipinski definition) is 1. The Balaban J connectivity index is 1.96. The molecule has 1 aromatic carbocycles. The zero-order valence-corrected chi connectivity index (χ0v) is 10.8. The monoisotopic (exact) mass is 218 g/mol. The molecule has 1 heterocycles. The lowest BCUT2D eigenvalue weighted by Crippen LogP contribution is -2.11. The van der Waals surface area contributed by atoms with Crippen LogP contribution < -0.4 is 0 Å². The summed E-state index contributed by atoms with van der Waals surface area (Å²) in [5.41, 5.74) is 3.27. The first kappa shape index (κ1) is 11.7. The van der Waals surface area contributed by atoms with Crippen LogP contribution in [0.3, 0.4) is 0 Å². The van der Waals surface area contributed by atoms with E-state index in [1.165, 1.54) is 11.1 Å². The second-order valence-electron chi connectivity index (χ2n) is 6.19. The average Bonchev–Trinajstić information content (AvgIpc) is 2.94. The van der Waals surface area contributed by atoms with Crippen molar-refractivity contribution in [1.82, 2.24) is 0 Å². The summed E-state index contributed by atoms with van der Waals surface area (Å²) in [6.07, 6.45) is 2.27. The molecule has 1 saturated heterocycles. The van der Waals surface area contributed by atoms with Crippen molar-refractivity contribution >= 4 is 0 Å². The van der Waals surface area contributed by atoms with E-state index in [9.17, 15) is 0 Å². The van der Waals surface area contributed by atoms with E-state index >= 15 is 0 Å². The van der Waals surface area contributed by atoms with Crippen LogP contribution in [-0.2, 0) is 16.6 Å². The first-order chi connectivity index (χ1) is 7.39. The SMILES string of the molecule is CC1(CCc2ccc(C(C)(C)C)cc2)CO1. The number of aryl methyl sites for hydroxylation is 1. The predicted molar refractivity (Wildman–Crippen MR) is 67.8 cm³/mol. The van der Waals surface area contributed by atoms with Crippen molar-refractivity contribution in [3.63, 3.8) is 0 Å². The zero-order chi connectivity index (χ0) is 11.8. The molecule has 0 N–H and O–H groups in total. The van der Waals surface area contributed by atoms with Crippen molar-refractivity contribution in [1.29, 1.82) is 0 Å². The van der Waals surface area contributed by atoms with Gasteiger partial charge in [-0.3, -0.25) is 0 Å². The Hall–Kier alpha value is -0.820. The topological polar surface area (TPSA) is 12.5 Å². The van der Waals surface area contributed by atoms with Crippen LogP contribution in [0.2, 0.25) is 0 Å². The molecule has 0 spiro atoms. The Morgan fingerprint density at radius 3 is 2.19 bits per heavy atom. The third-order valence-corrected chi connectivity index (χ3v) is 3.40. The first-order valence-electron chi connectivity index (χ1n) is 6.12. The molecule has 16 heavy (non-hydrogen) atoms. The van der Waals surface area contributed by atoms with E-state index in [-0.39, 0.29) is 11.0 Å². The summed E-state index contributed by atoms with van der Waals surface area (Å²) >= 11 is 0. The van der Waals surface area contributed by atoms with Gasteiger partial charge in [-0.15, -0.1) is 0 Å². The third-order valence-electron chi connectivity index (χ3n) is 3.40. The molecule has 0 bridgehead atoms. The Morgan fingerprint density at radius 1 is 1.19 bits per heavy atom. The highest BCUT2D eigenvalue weighted by Crippen LogP contribution is 2.31. The van der Waals surface area contributed by atoms with Crippen LogP contribution in [0.5, 0.6) is 0 Å². The van der Waals surface area contributed by atoms with Gasteiger partial charge in [0.25, 0.3) is 0 Å². The lowest BCUT2D eigenvalue weighted by Gasteiger charge is -2.19. The van der Waals surface area contributed by atoms with Gasteiger partial charge in [0.15, 0.2) is 0 Å². The number of benzene rings is 1. The van der Waals surface area contributed by atoms with Crippen LogP contribution in [0, 0.1) is 0 Å². The van der Waals surface area contributed by atoms with Crippen molar-refractivity contribution < 1.29 is 4.74 Å². The lowest BCUT2D eigenvalue weighted by molar-refractivity contribution is 0.309. The quantitative estimate of drug-likeness (QED) is 0.705. The molecule has 1 unspecified atom stereocenters. The fourth-order valence-corrected chi connectivity index (χ4v) is 1.85. The highest BCUT2D eigenvalue weighted by Gasteiger charge is 2.38. The van der Waals surface area contributed by atoms with E-state index in [0.717, 1.165) is 19.4 Å². The van der Waals surface area contributed by atoms with Crippen molar-refractivity contribution in [2.75, 3.05) is 6.61 Å². The smallest absolute Gasteiger partial charge is 0.0891 e. The molecule has 0 aromatic heterocycles. The minimum Gasteiger partial charge on any atom is -0.370 e. The molecule has 88 valence electrons. The molecule has 0 amide bonds. The van der Waals surface area contributed by atoms with E-state index in [2.05, 4.69) is 52.0 Å². The minimum atomic E-state index is 0.183. The van der Waals surface area contributed by atoms with Gasteiger partial charge in [-0.05, 0) is 36.3 Å². The third kappa shape index (κ3) is 2.85. The van der Waals surface area contributed by atoms with Crippen LogP contribution in [0.15, 0.2) is 24.3 Å². The molecule has 1 atom stereocenters. The molecule has 1 heteroatoms. The van der Waals surface area contributed by atoms with Crippen LogP contribution >= 0.6 is 0 Å². The molecule has 0 saturated carbocycles. The Kier molecular flexibility index (Phi) is 2.83. The molecule has 1 nitrogen and oxygen atoms in total. The summed E-state index contributed by atoms with van der Waals surface area (Å²) in [7, 11) is 0. The van der Waals surface area contributed by atoms with Gasteiger partial charge >= 0.3 is 0 Å². The highest BCUT2D eigenvalue weighted by atomic mass is 16.6. The van der Waals surface area contributed by atoms with E-state index in [1.54, 1.807) is 0 Å². The van der Waals surface area contributed by atoms with Gasteiger partial charge in [-0.25, -0.2) is 0 Å². The number of hydrogen-bond donors (Lipinski definition) is 0. The summed E-state index contributed by atoms with van der Waals surface area (Å²) in [4.78, 5) is 0. The normalized spacial score (nSPS) is 24.5. The maximum absolute atomic E-state index is 5.40. The van der Waals surface area contributed by atoms with Gasteiger partial charge in [-0.1, -0.05) is 45.0 Å². The van der Waals surface area contributed by atoms with Crippen molar-refractivity contribution in [2.45, 2.75) is 51.6 Å². The summed E-state index contributed by atoms with van der Waals surface area (Å²) in [5.74, 6) is 0. The number of epoxide rings is 1. The van der Waals surface area contributed by atoms with Crippen LogP contribution in [0.1, 0.15) is 45.2 Å². The van der Waals surface area contributed by atoms with Crippen molar-refractivity contribution in [2.24, 2.45) is 0 Å². The van der Waals surface area contributed by atoms with E-state index in [4.69, 9.17) is 4.74 Å². The van der Waals surface area contributed by atoms with Crippen molar-refractivity contribution in [3.05, 3.63) is 35.4 Å². The molecule has 1 fully saturated rings. The molecule has 1 aromatic rings. The summed E-state index contributed by atoms with van der Waals surface area (Å²) < 4.78 is 5.40. The Morgan fingerprint density at radius 2 is 1.75 bits per heavy atom. The standard InChI is InChI=1S/C15H22O/c1-14(2,3)13-7-5-12(6-8-13)9-10-15(4)11-16-15/h5-8H,9-11H2,1-4H3. The summed E-state index contributed by atoms with van der Waals surface area (Å²) in [5, 5.41) is 0. The van der Waals surface area contributed by atoms with Crippen LogP contribution in [0.25, 0.3) is 0 Å². The molecule has 1 aliphatic heterocycles. The fraction of sp³-hybridized carbons (Fsp3) is 0.600. The average molecular weight is 218 g/mol. The first-order valence-corrected chi connectivity index (χ1v) is 6.12. The number of ether oxygens (including phenoxy) is 1. The van der Waals surface area contributed by atoms with Gasteiger partial charge in [0.1, 0.15) is 0 Å². The maximum Gasteiger partial charge on any atom is 0.0891 e. The van der Waals surface area contributed by atoms with Crippen LogP contribution in [-0.4, -0.2) is 12.2 Å². The zero-order valence-electron chi connectivity index (χ0n) is 10.8. The molecule has 2 rings (SSSR count). The summed E-state index contributed by atoms with van der Waals surface area (Å²) in [6.45, 7) is 9.88. The van der Waals surface area contributed by atoms with Gasteiger partial charge in [0.05, 0.1) is 12.2 Å². The van der Waals surface area contributed by atoms with Gasteiger partial charge in [0, 0.05) is 0 Å². The second kappa shape index (κ2) is 3.89. The maximum atomic E-state index is 5.40. The van der Waals surface area contributed by atoms with Crippen LogP contribution in [0.4, 0.5) is 0 Å². The second-order valence-corrected chi connectivity index (χ2v) is 6.19. The highest BCUT2D eigenvalue weighted by molar-refractivity contribution is 5.27. The van der Waals surface area contributed by atoms with E-state index in [1.807, 2.05) is 0 Å². The molecular formula is C15H22O. The molecule has 1 aliphatic rings.